The predicted octanol–water partition coefficient (Wildman–Crippen LogP) is 8.75. The average Bonchev–Trinajstić information content (AvgIpc) is 1.72. The number of methoxy groups -OCH3 is 3. The van der Waals surface area contributed by atoms with Crippen molar-refractivity contribution in [1.82, 2.24) is 30.2 Å². The normalized spacial score (nSPS) is 18.8. The lowest BCUT2D eigenvalue weighted by atomic mass is 9.83. The zero-order valence-corrected chi connectivity index (χ0v) is 66.2. The Morgan fingerprint density at radius 2 is 1.43 bits per heavy atom. The van der Waals surface area contributed by atoms with Crippen molar-refractivity contribution in [2.24, 2.45) is 52.6 Å². The van der Waals surface area contributed by atoms with Gasteiger partial charge in [0.1, 0.15) is 18.5 Å². The number of likely N-dealkylation sites (N-methyl/N-ethyl adjacent to an activating group) is 2. The van der Waals surface area contributed by atoms with Crippen LogP contribution in [-0.4, -0.2) is 217 Å². The molecule has 28 heteroatoms. The molecule has 5 N–H and O–H groups in total. The number of nitrogens with zero attached hydrogens (tertiary/aromatic N) is 4. The number of imide groups is 1. The Balaban J connectivity index is 1.24. The minimum Gasteiger partial charge on any atom is -0.494 e. The number of rotatable bonds is 49. The zero-order valence-electron chi connectivity index (χ0n) is 65.4. The van der Waals surface area contributed by atoms with Crippen molar-refractivity contribution in [3.63, 3.8) is 0 Å². The first-order valence-electron chi connectivity index (χ1n) is 37.7. The fourth-order valence-corrected chi connectivity index (χ4v) is 16.1. The second-order valence-electron chi connectivity index (χ2n) is 30.7. The number of Topliss-reactive ketones (excluding diaryl/α,β-unsaturated/α-hetero) is 4. The fraction of sp³-hybridized carbons (Fsp3) is 0.684. The first kappa shape index (κ1) is 89.9. The van der Waals surface area contributed by atoms with Gasteiger partial charge in [-0.15, -0.1) is 11.8 Å². The lowest BCUT2D eigenvalue weighted by Gasteiger charge is -2.41. The van der Waals surface area contributed by atoms with E-state index < -0.39 is 119 Å². The monoisotopic (exact) mass is 1520 g/mol. The number of primary amides is 1. The molecule has 0 bridgehead atoms. The van der Waals surface area contributed by atoms with Gasteiger partial charge >= 0.3 is 12.1 Å². The van der Waals surface area contributed by atoms with Gasteiger partial charge in [0.2, 0.25) is 41.4 Å². The highest BCUT2D eigenvalue weighted by Crippen LogP contribution is 2.52. The van der Waals surface area contributed by atoms with Crippen LogP contribution < -0.4 is 21.1 Å². The molecule has 107 heavy (non-hydrogen) atoms. The topological polar surface area (TPSA) is 351 Å². The molecule has 3 aliphatic rings. The van der Waals surface area contributed by atoms with Crippen molar-refractivity contribution in [1.29, 1.82) is 0 Å². The summed E-state index contributed by atoms with van der Waals surface area (Å²) in [6, 6.07) is 7.33. The molecule has 2 heterocycles. The number of amides is 7. The first-order valence-corrected chi connectivity index (χ1v) is 38.7. The lowest BCUT2D eigenvalue weighted by molar-refractivity contribution is -0.149. The van der Waals surface area contributed by atoms with Gasteiger partial charge in [-0.1, -0.05) is 106 Å². The van der Waals surface area contributed by atoms with Gasteiger partial charge in [-0.2, -0.15) is 0 Å². The molecule has 1 unspecified atom stereocenters. The summed E-state index contributed by atoms with van der Waals surface area (Å²) in [7, 11) is 9.43. The second-order valence-corrected chi connectivity index (χ2v) is 31.9. The minimum absolute atomic E-state index is 0.00548. The molecule has 596 valence electrons. The van der Waals surface area contributed by atoms with Gasteiger partial charge in [0.05, 0.1) is 80.6 Å². The maximum absolute atomic E-state index is 15.1. The maximum Gasteiger partial charge on any atom is 0.508 e. The van der Waals surface area contributed by atoms with Crippen LogP contribution in [0.5, 0.6) is 5.75 Å². The van der Waals surface area contributed by atoms with Gasteiger partial charge < -0.3 is 55.0 Å². The molecule has 0 aromatic heterocycles. The third kappa shape index (κ3) is 26.8. The number of likely N-dealkylation sites (tertiary alicyclic amines) is 2. The number of carbonyl (C=O) groups is 13. The Hall–Kier alpha value is -7.69. The van der Waals surface area contributed by atoms with Crippen LogP contribution in [0.1, 0.15) is 193 Å². The van der Waals surface area contributed by atoms with E-state index in [9.17, 15) is 67.0 Å². The van der Waals surface area contributed by atoms with Crippen molar-refractivity contribution < 1.29 is 95.5 Å². The van der Waals surface area contributed by atoms with Crippen LogP contribution in [0.3, 0.4) is 0 Å². The van der Waals surface area contributed by atoms with E-state index in [1.807, 2.05) is 74.4 Å². The van der Waals surface area contributed by atoms with E-state index in [2.05, 4.69) is 10.6 Å². The van der Waals surface area contributed by atoms with Crippen LogP contribution >= 0.6 is 11.8 Å². The largest absolute Gasteiger partial charge is 0.508 e. The number of aliphatic carboxylic acids is 1. The molecule has 26 nitrogen and oxygen atoms in total. The van der Waals surface area contributed by atoms with Crippen LogP contribution in [0, 0.1) is 52.7 Å². The summed E-state index contributed by atoms with van der Waals surface area (Å²) >= 11 is 1.35. The molecule has 2 aromatic carbocycles. The van der Waals surface area contributed by atoms with E-state index in [0.29, 0.717) is 55.4 Å². The molecule has 12 atom stereocenters. The van der Waals surface area contributed by atoms with E-state index in [0.717, 1.165) is 18.9 Å². The molecule has 0 spiro atoms. The van der Waals surface area contributed by atoms with Gasteiger partial charge in [-0.3, -0.25) is 67.3 Å². The molecule has 2 aromatic rings. The maximum atomic E-state index is 15.1. The summed E-state index contributed by atoms with van der Waals surface area (Å²) in [6.07, 6.45) is 0.428. The van der Waals surface area contributed by atoms with E-state index in [1.165, 1.54) is 55.0 Å². The number of carbonyl (C=O) groups excluding carboxylic acids is 12. The Morgan fingerprint density at radius 1 is 0.776 bits per heavy atom. The summed E-state index contributed by atoms with van der Waals surface area (Å²) in [5.41, 5.74) is 6.17. The second kappa shape index (κ2) is 42.9. The smallest absolute Gasteiger partial charge is 0.494 e. The van der Waals surface area contributed by atoms with Crippen LogP contribution in [0.2, 0.25) is 0 Å². The van der Waals surface area contributed by atoms with Crippen molar-refractivity contribution in [3.05, 3.63) is 65.0 Å². The van der Waals surface area contributed by atoms with E-state index in [4.69, 9.17) is 29.4 Å². The molecule has 5 rings (SSSR count). The third-order valence-electron chi connectivity index (χ3n) is 21.3. The highest BCUT2D eigenvalue weighted by Gasteiger charge is 2.49. The number of ether oxygens (including phenoxy) is 5. The number of carboxylic acid groups (broad SMARTS) is 1. The van der Waals surface area contributed by atoms with Crippen molar-refractivity contribution in [3.8, 4) is 5.75 Å². The lowest BCUT2D eigenvalue weighted by Crippen LogP contribution is -2.54. The van der Waals surface area contributed by atoms with Gasteiger partial charge in [0.25, 0.3) is 0 Å². The molecule has 1 aliphatic carbocycles. The summed E-state index contributed by atoms with van der Waals surface area (Å²) < 4.78 is 43.3. The highest BCUT2D eigenvalue weighted by molar-refractivity contribution is 8.00. The van der Waals surface area contributed by atoms with Crippen molar-refractivity contribution in [2.45, 2.75) is 232 Å². The zero-order chi connectivity index (χ0) is 79.7. The number of ketones is 4. The first-order chi connectivity index (χ1) is 50.5. The molecular weight excluding hydrogens is 1400 g/mol. The van der Waals surface area contributed by atoms with Gasteiger partial charge in [-0.25, -0.2) is 9.18 Å². The van der Waals surface area contributed by atoms with Crippen LogP contribution in [0.25, 0.3) is 0 Å². The number of nitrogens with two attached hydrogens (primary N) is 1. The predicted molar refractivity (Wildman–Crippen MR) is 400 cm³/mol. The SMILES string of the molecule is CC[C@H](C)[C@@H]([C@@H](CC(=O)N1C[C@@H](OC(=O)OCc2ccc(CC(=O)[C@H](CCCCC(N)=O)NC(=O)[C@@H](CC(=O)CCCCCN3C(=O)CC(SCC4(CC(=O)O)CC4)C3=O)C(C)C)cc2)C[C@H]1[C@H](OC)[C@@H](C)C(=O)NCC(=O)c1ccc(OC)c(F)c1)OC)N(C)C(=O)[C@@H](CC(=O)[C@H](C(C)C)N(C)C)C(C)C. The van der Waals surface area contributed by atoms with Crippen molar-refractivity contribution >= 4 is 88.4 Å². The van der Waals surface area contributed by atoms with Gasteiger partial charge in [0.15, 0.2) is 28.9 Å². The number of benzene rings is 2. The number of unbranched alkanes of at least 4 members (excludes halogenated alkanes) is 3. The van der Waals surface area contributed by atoms with E-state index in [1.54, 1.807) is 43.1 Å². The highest BCUT2D eigenvalue weighted by atomic mass is 32.2. The number of thioether (sulfide) groups is 1. The van der Waals surface area contributed by atoms with E-state index in [-0.39, 0.29) is 159 Å². The van der Waals surface area contributed by atoms with Gasteiger partial charge in [-0.05, 0) is 111 Å². The molecule has 2 aliphatic heterocycles. The van der Waals surface area contributed by atoms with Crippen LogP contribution in [0.4, 0.5) is 9.18 Å². The molecule has 3 fully saturated rings. The summed E-state index contributed by atoms with van der Waals surface area (Å²) in [5.74, 6) is -8.44. The number of carboxylic acids is 1. The molecular formula is C79H118FN7O19S. The Morgan fingerprint density at radius 3 is 2.00 bits per heavy atom. The minimum atomic E-state index is -1.09. The Bertz CT molecular complexity index is 3390. The quantitative estimate of drug-likeness (QED) is 0.0208. The number of hydrogen-bond acceptors (Lipinski definition) is 20. The number of halogens is 1. The summed E-state index contributed by atoms with van der Waals surface area (Å²) in [5, 5.41) is 14.3. The fourth-order valence-electron chi connectivity index (χ4n) is 14.6. The van der Waals surface area contributed by atoms with Crippen LogP contribution in [-0.2, 0) is 84.7 Å². The molecule has 0 radical (unpaired) electrons. The standard InChI is InChI=1S/C79H118FN7O19S/c1-16-49(8)72(85(12)76(99)57(47(4)5)38-62(90)71(48(6)7)84(10)11)65(103-14)39-68(93)87-43-55(37-60(87)73(104-15)50(9)74(97)82-42-63(91)53-29-30-64(102-13)58(80)35-53)106-78(101)105-44-52-27-25-51(26-28-52)34-61(89)59(23-19-20-24-67(81)92)83-75(98)56(46(2)3)36-54(88)22-18-17-21-33-86-69(94)40-66(77(86)100)107-45-79(31-32-79)41-70(95)96/h25-30,35,46-50,55-57,59-60,65-66,71-73H,16-24,31-34,36-45H2,1-15H3,(H2,81,92)(H,82,97)(H,83,98)(H,95,96)/t49-,50+,55-,56-,57-,59-,60-,65+,66?,71-,72-,73+/m0/s1. The van der Waals surface area contributed by atoms with Gasteiger partial charge in [0, 0.05) is 95.9 Å². The number of nitrogens with one attached hydrogen (secondary N) is 2. The average molecular weight is 1520 g/mol. The summed E-state index contributed by atoms with van der Waals surface area (Å²) in [6.45, 7) is 16.1. The van der Waals surface area contributed by atoms with E-state index >= 15 is 4.79 Å². The number of hydrogen-bond donors (Lipinski definition) is 4. The van der Waals surface area contributed by atoms with Crippen molar-refractivity contribution in [2.75, 3.05) is 67.9 Å². The van der Waals surface area contributed by atoms with Crippen LogP contribution in [0.15, 0.2) is 42.5 Å². The molecule has 7 amide bonds. The summed E-state index contributed by atoms with van der Waals surface area (Å²) in [4.78, 5) is 181. The Kier molecular flexibility index (Phi) is 36.1. The third-order valence-corrected chi connectivity index (χ3v) is 22.9. The molecule has 1 saturated carbocycles. The Labute approximate surface area is 634 Å². The molecule has 2 saturated heterocycles.